The van der Waals surface area contributed by atoms with Crippen molar-refractivity contribution in [2.75, 3.05) is 24.7 Å². The van der Waals surface area contributed by atoms with Crippen LogP contribution in [0.2, 0.25) is 0 Å². The van der Waals surface area contributed by atoms with Crippen LogP contribution in [0.25, 0.3) is 0 Å². The number of carbonyl (C=O) groups is 1. The van der Waals surface area contributed by atoms with E-state index in [-0.39, 0.29) is 24.0 Å². The number of nitrogens with two attached hydrogens (primary N) is 1. The van der Waals surface area contributed by atoms with Crippen molar-refractivity contribution in [3.63, 3.8) is 0 Å². The molecule has 0 aromatic heterocycles. The van der Waals surface area contributed by atoms with E-state index in [1.54, 1.807) is 0 Å². The van der Waals surface area contributed by atoms with Crippen molar-refractivity contribution >= 4 is 11.6 Å². The Morgan fingerprint density at radius 2 is 2.05 bits per heavy atom. The average Bonchev–Trinajstić information content (AvgIpc) is 2.37. The van der Waals surface area contributed by atoms with Crippen LogP contribution >= 0.6 is 0 Å². The summed E-state index contributed by atoms with van der Waals surface area (Å²) in [5.41, 5.74) is 7.87. The summed E-state index contributed by atoms with van der Waals surface area (Å²) in [6, 6.07) is 7.95. The first-order valence-corrected chi connectivity index (χ1v) is 6.64. The number of rotatable bonds is 2. The quantitative estimate of drug-likeness (QED) is 0.882. The molecule has 1 aromatic rings. The Morgan fingerprint density at radius 1 is 1.37 bits per heavy atom. The molecule has 1 fully saturated rings. The first-order valence-electron chi connectivity index (χ1n) is 6.64. The van der Waals surface area contributed by atoms with Gasteiger partial charge in [-0.25, -0.2) is 0 Å². The van der Waals surface area contributed by atoms with E-state index in [1.807, 2.05) is 23.1 Å². The van der Waals surface area contributed by atoms with E-state index >= 15 is 0 Å². The van der Waals surface area contributed by atoms with Gasteiger partial charge in [-0.3, -0.25) is 4.79 Å². The largest absolute Gasteiger partial charge is 0.369 e. The Kier molecular flexibility index (Phi) is 3.92. The van der Waals surface area contributed by atoms with Crippen LogP contribution in [0.1, 0.15) is 26.3 Å². The SMILES string of the molecule is CC(C)(C)c1ccccc1N1C(=O)COCC1CN. The number of ether oxygens (including phenoxy) is 1. The van der Waals surface area contributed by atoms with Crippen LogP contribution < -0.4 is 10.6 Å². The predicted molar refractivity (Wildman–Crippen MR) is 76.3 cm³/mol. The van der Waals surface area contributed by atoms with Crippen molar-refractivity contribution in [3.05, 3.63) is 29.8 Å². The fourth-order valence-electron chi connectivity index (χ4n) is 2.45. The molecule has 2 N–H and O–H groups in total. The number of carbonyl (C=O) groups excluding carboxylic acids is 1. The van der Waals surface area contributed by atoms with Crippen molar-refractivity contribution in [3.8, 4) is 0 Å². The number of amides is 1. The maximum absolute atomic E-state index is 12.2. The summed E-state index contributed by atoms with van der Waals surface area (Å²) in [5.74, 6) is -0.0154. The molecule has 4 heteroatoms. The highest BCUT2D eigenvalue weighted by Gasteiger charge is 2.32. The molecule has 0 bridgehead atoms. The third-order valence-corrected chi connectivity index (χ3v) is 3.41. The lowest BCUT2D eigenvalue weighted by Crippen LogP contribution is -2.53. The molecule has 0 spiro atoms. The number of para-hydroxylation sites is 1. The second kappa shape index (κ2) is 5.31. The fourth-order valence-corrected chi connectivity index (χ4v) is 2.45. The van der Waals surface area contributed by atoms with Gasteiger partial charge >= 0.3 is 0 Å². The molecule has 0 saturated carbocycles. The summed E-state index contributed by atoms with van der Waals surface area (Å²) in [6.07, 6.45) is 0. The number of nitrogens with zero attached hydrogens (tertiary/aromatic N) is 1. The van der Waals surface area contributed by atoms with Crippen molar-refractivity contribution in [1.82, 2.24) is 0 Å². The predicted octanol–water partition coefficient (Wildman–Crippen LogP) is 1.67. The van der Waals surface area contributed by atoms with Crippen molar-refractivity contribution in [2.45, 2.75) is 32.2 Å². The van der Waals surface area contributed by atoms with Crippen LogP contribution in [0.15, 0.2) is 24.3 Å². The summed E-state index contributed by atoms with van der Waals surface area (Å²) in [6.45, 7) is 7.48. The molecule has 1 aromatic carbocycles. The minimum Gasteiger partial charge on any atom is -0.369 e. The summed E-state index contributed by atoms with van der Waals surface area (Å²) in [5, 5.41) is 0. The van der Waals surface area contributed by atoms with Gasteiger partial charge in [-0.1, -0.05) is 39.0 Å². The van der Waals surface area contributed by atoms with Crippen LogP contribution in [0.5, 0.6) is 0 Å². The van der Waals surface area contributed by atoms with E-state index in [1.165, 1.54) is 0 Å². The highest BCUT2D eigenvalue weighted by atomic mass is 16.5. The molecular weight excluding hydrogens is 240 g/mol. The van der Waals surface area contributed by atoms with E-state index in [0.717, 1.165) is 11.3 Å². The lowest BCUT2D eigenvalue weighted by Gasteiger charge is -2.37. The standard InChI is InChI=1S/C15H22N2O2/c1-15(2,3)12-6-4-5-7-13(12)17-11(8-16)9-19-10-14(17)18/h4-7,11H,8-10,16H2,1-3H3. The first-order chi connectivity index (χ1) is 8.95. The van der Waals surface area contributed by atoms with Gasteiger partial charge in [-0.05, 0) is 17.0 Å². The normalized spacial score (nSPS) is 20.7. The number of anilines is 1. The second-order valence-electron chi connectivity index (χ2n) is 5.94. The Hall–Kier alpha value is -1.39. The van der Waals surface area contributed by atoms with Gasteiger partial charge in [0.25, 0.3) is 5.91 Å². The average molecular weight is 262 g/mol. The van der Waals surface area contributed by atoms with Gasteiger partial charge in [0.05, 0.1) is 12.6 Å². The summed E-state index contributed by atoms with van der Waals surface area (Å²) in [7, 11) is 0. The summed E-state index contributed by atoms with van der Waals surface area (Å²) >= 11 is 0. The van der Waals surface area contributed by atoms with Crippen molar-refractivity contribution in [2.24, 2.45) is 5.73 Å². The van der Waals surface area contributed by atoms with Gasteiger partial charge in [0.15, 0.2) is 0 Å². The lowest BCUT2D eigenvalue weighted by atomic mass is 9.85. The molecule has 1 heterocycles. The molecule has 1 aliphatic rings. The zero-order chi connectivity index (χ0) is 14.0. The molecular formula is C15H22N2O2. The molecule has 104 valence electrons. The lowest BCUT2D eigenvalue weighted by molar-refractivity contribution is -0.127. The number of benzene rings is 1. The molecule has 2 rings (SSSR count). The first kappa shape index (κ1) is 14.0. The van der Waals surface area contributed by atoms with Crippen LogP contribution in [-0.4, -0.2) is 31.7 Å². The van der Waals surface area contributed by atoms with Crippen LogP contribution in [-0.2, 0) is 14.9 Å². The smallest absolute Gasteiger partial charge is 0.253 e. The topological polar surface area (TPSA) is 55.6 Å². The van der Waals surface area contributed by atoms with Crippen molar-refractivity contribution in [1.29, 1.82) is 0 Å². The Balaban J connectivity index is 2.47. The molecule has 1 unspecified atom stereocenters. The van der Waals surface area contributed by atoms with Gasteiger partial charge in [-0.2, -0.15) is 0 Å². The Bertz CT molecular complexity index is 465. The second-order valence-corrected chi connectivity index (χ2v) is 5.94. The number of morpholine rings is 1. The molecule has 1 amide bonds. The third-order valence-electron chi connectivity index (χ3n) is 3.41. The zero-order valence-electron chi connectivity index (χ0n) is 11.8. The fraction of sp³-hybridized carbons (Fsp3) is 0.533. The molecule has 0 radical (unpaired) electrons. The molecule has 1 aliphatic heterocycles. The van der Waals surface area contributed by atoms with Crippen LogP contribution in [0, 0.1) is 0 Å². The Morgan fingerprint density at radius 3 is 2.68 bits per heavy atom. The monoisotopic (exact) mass is 262 g/mol. The zero-order valence-corrected chi connectivity index (χ0v) is 11.8. The van der Waals surface area contributed by atoms with E-state index in [0.29, 0.717) is 13.2 Å². The van der Waals surface area contributed by atoms with Crippen LogP contribution in [0.3, 0.4) is 0 Å². The number of hydrogen-bond donors (Lipinski definition) is 1. The van der Waals surface area contributed by atoms with Gasteiger partial charge in [0.1, 0.15) is 6.61 Å². The summed E-state index contributed by atoms with van der Waals surface area (Å²) in [4.78, 5) is 14.0. The van der Waals surface area contributed by atoms with E-state index in [2.05, 4.69) is 26.8 Å². The summed E-state index contributed by atoms with van der Waals surface area (Å²) < 4.78 is 5.29. The minimum absolute atomic E-state index is 0.0154. The highest BCUT2D eigenvalue weighted by Crippen LogP contribution is 2.33. The highest BCUT2D eigenvalue weighted by molar-refractivity contribution is 5.96. The van der Waals surface area contributed by atoms with Gasteiger partial charge in [-0.15, -0.1) is 0 Å². The van der Waals surface area contributed by atoms with E-state index in [9.17, 15) is 4.79 Å². The van der Waals surface area contributed by atoms with E-state index in [4.69, 9.17) is 10.5 Å². The third kappa shape index (κ3) is 2.80. The minimum atomic E-state index is -0.0789. The number of hydrogen-bond acceptors (Lipinski definition) is 3. The molecule has 0 aliphatic carbocycles. The molecule has 4 nitrogen and oxygen atoms in total. The molecule has 1 saturated heterocycles. The Labute approximate surface area is 114 Å². The maximum atomic E-state index is 12.2. The maximum Gasteiger partial charge on any atom is 0.253 e. The molecule has 19 heavy (non-hydrogen) atoms. The van der Waals surface area contributed by atoms with E-state index < -0.39 is 0 Å². The van der Waals surface area contributed by atoms with Gasteiger partial charge < -0.3 is 15.4 Å². The van der Waals surface area contributed by atoms with Crippen LogP contribution in [0.4, 0.5) is 5.69 Å². The molecule has 1 atom stereocenters. The van der Waals surface area contributed by atoms with Gasteiger partial charge in [0.2, 0.25) is 0 Å². The van der Waals surface area contributed by atoms with Gasteiger partial charge in [0, 0.05) is 12.2 Å². The van der Waals surface area contributed by atoms with Crippen molar-refractivity contribution < 1.29 is 9.53 Å².